The molecule has 0 spiro atoms. The normalized spacial score (nSPS) is 13.9. The van der Waals surface area contributed by atoms with Crippen molar-refractivity contribution in [3.05, 3.63) is 72.4 Å². The summed E-state index contributed by atoms with van der Waals surface area (Å²) < 4.78 is 0. The molecule has 0 unspecified atom stereocenters. The van der Waals surface area contributed by atoms with E-state index in [1.165, 1.54) is 6.42 Å². The summed E-state index contributed by atoms with van der Waals surface area (Å²) in [5.74, 6) is -0.267. The predicted molar refractivity (Wildman–Crippen MR) is 111 cm³/mol. The molecule has 0 saturated carbocycles. The molecule has 144 valence electrons. The molecular weight excluding hydrogens is 364 g/mol. The Morgan fingerprint density at radius 2 is 2.03 bits per heavy atom. The summed E-state index contributed by atoms with van der Waals surface area (Å²) in [4.78, 5) is 23.8. The largest absolute Gasteiger partial charge is 0.319 e. The molecule has 3 aromatic heterocycles. The van der Waals surface area contributed by atoms with Crippen LogP contribution in [-0.2, 0) is 6.54 Å². The number of H-pyrrole nitrogens is 1. The molecule has 4 heterocycles. The number of anilines is 1. The third-order valence-corrected chi connectivity index (χ3v) is 5.19. The van der Waals surface area contributed by atoms with Gasteiger partial charge in [-0.2, -0.15) is 5.10 Å². The number of rotatable bonds is 5. The highest BCUT2D eigenvalue weighted by Gasteiger charge is 2.17. The van der Waals surface area contributed by atoms with Crippen LogP contribution < -0.4 is 5.32 Å². The van der Waals surface area contributed by atoms with Gasteiger partial charge >= 0.3 is 0 Å². The molecule has 2 N–H and O–H groups in total. The van der Waals surface area contributed by atoms with Crippen LogP contribution in [0.5, 0.6) is 0 Å². The van der Waals surface area contributed by atoms with Crippen molar-refractivity contribution in [1.82, 2.24) is 25.1 Å². The lowest BCUT2D eigenvalue weighted by Crippen LogP contribution is -2.36. The van der Waals surface area contributed by atoms with E-state index in [0.717, 1.165) is 47.4 Å². The standard InChI is InChI=1S/C22H20N6O/c29-22(25-17-5-6-18(24-13-17)14-28-9-2-10-28)21-19-11-15(4-7-20(19)26-27-21)16-3-1-8-23-12-16/h1,3-8,11-13H,2,9-10,14H2,(H,25,29)(H,26,27). The number of hydrogen-bond acceptors (Lipinski definition) is 5. The molecule has 1 fully saturated rings. The highest BCUT2D eigenvalue weighted by atomic mass is 16.1. The van der Waals surface area contributed by atoms with Crippen molar-refractivity contribution in [2.75, 3.05) is 18.4 Å². The molecule has 1 saturated heterocycles. The zero-order valence-electron chi connectivity index (χ0n) is 15.8. The number of hydrogen-bond donors (Lipinski definition) is 2. The second-order valence-electron chi connectivity index (χ2n) is 7.20. The van der Waals surface area contributed by atoms with Gasteiger partial charge < -0.3 is 5.32 Å². The van der Waals surface area contributed by atoms with E-state index >= 15 is 0 Å². The number of nitrogens with one attached hydrogen (secondary N) is 2. The number of aromatic nitrogens is 4. The maximum Gasteiger partial charge on any atom is 0.276 e. The van der Waals surface area contributed by atoms with Crippen LogP contribution in [0.15, 0.2) is 61.1 Å². The molecule has 0 aliphatic carbocycles. The predicted octanol–water partition coefficient (Wildman–Crippen LogP) is 3.48. The number of amides is 1. The minimum Gasteiger partial charge on any atom is -0.319 e. The SMILES string of the molecule is O=C(Nc1ccc(CN2CCC2)nc1)c1n[nH]c2ccc(-c3cccnc3)cc12. The van der Waals surface area contributed by atoms with Gasteiger partial charge in [0.15, 0.2) is 5.69 Å². The summed E-state index contributed by atoms with van der Waals surface area (Å²) in [7, 11) is 0. The molecule has 0 bridgehead atoms. The molecule has 29 heavy (non-hydrogen) atoms. The molecule has 5 rings (SSSR count). The summed E-state index contributed by atoms with van der Waals surface area (Å²) >= 11 is 0. The molecule has 1 aromatic carbocycles. The third-order valence-electron chi connectivity index (χ3n) is 5.19. The average Bonchev–Trinajstić information content (AvgIpc) is 3.16. The number of nitrogens with zero attached hydrogens (tertiary/aromatic N) is 4. The molecular formula is C22H20N6O. The van der Waals surface area contributed by atoms with E-state index < -0.39 is 0 Å². The summed E-state index contributed by atoms with van der Waals surface area (Å²) in [6, 6.07) is 13.6. The number of carbonyl (C=O) groups is 1. The number of pyridine rings is 2. The van der Waals surface area contributed by atoms with Gasteiger partial charge in [-0.3, -0.25) is 24.8 Å². The number of carbonyl (C=O) groups excluding carboxylic acids is 1. The lowest BCUT2D eigenvalue weighted by Gasteiger charge is -2.30. The second-order valence-corrected chi connectivity index (χ2v) is 7.20. The zero-order valence-corrected chi connectivity index (χ0v) is 15.8. The van der Waals surface area contributed by atoms with Crippen LogP contribution in [0.3, 0.4) is 0 Å². The molecule has 1 aliphatic rings. The first-order valence-electron chi connectivity index (χ1n) is 9.63. The molecule has 1 amide bonds. The topological polar surface area (TPSA) is 86.8 Å². The van der Waals surface area contributed by atoms with Gasteiger partial charge in [-0.1, -0.05) is 12.1 Å². The zero-order chi connectivity index (χ0) is 19.6. The fourth-order valence-electron chi connectivity index (χ4n) is 3.45. The molecule has 4 aromatic rings. The average molecular weight is 384 g/mol. The van der Waals surface area contributed by atoms with Crippen molar-refractivity contribution in [3.63, 3.8) is 0 Å². The number of benzene rings is 1. The van der Waals surface area contributed by atoms with Gasteiger partial charge in [-0.15, -0.1) is 0 Å². The fraction of sp³-hybridized carbons (Fsp3) is 0.182. The summed E-state index contributed by atoms with van der Waals surface area (Å²) in [6.07, 6.45) is 6.49. The van der Waals surface area contributed by atoms with Crippen LogP contribution >= 0.6 is 0 Å². The van der Waals surface area contributed by atoms with Crippen molar-refractivity contribution in [3.8, 4) is 11.1 Å². The Morgan fingerprint density at radius 3 is 2.76 bits per heavy atom. The summed E-state index contributed by atoms with van der Waals surface area (Å²) in [6.45, 7) is 3.12. The van der Waals surface area contributed by atoms with Gasteiger partial charge in [0, 0.05) is 29.9 Å². The van der Waals surface area contributed by atoms with Gasteiger partial charge in [-0.25, -0.2) is 0 Å². The first-order valence-corrected chi connectivity index (χ1v) is 9.63. The Bertz CT molecular complexity index is 1150. The minimum absolute atomic E-state index is 0.267. The minimum atomic E-state index is -0.267. The van der Waals surface area contributed by atoms with Crippen LogP contribution in [-0.4, -0.2) is 44.1 Å². The molecule has 0 atom stereocenters. The van der Waals surface area contributed by atoms with E-state index in [4.69, 9.17) is 0 Å². The van der Waals surface area contributed by atoms with Crippen molar-refractivity contribution in [2.24, 2.45) is 0 Å². The van der Waals surface area contributed by atoms with Crippen LogP contribution in [0.2, 0.25) is 0 Å². The molecule has 7 heteroatoms. The van der Waals surface area contributed by atoms with E-state index in [-0.39, 0.29) is 5.91 Å². The second kappa shape index (κ2) is 7.44. The van der Waals surface area contributed by atoms with Gasteiger partial charge in [0.05, 0.1) is 23.1 Å². The molecule has 0 radical (unpaired) electrons. The Labute approximate surface area is 167 Å². The Balaban J connectivity index is 1.36. The number of fused-ring (bicyclic) bond motifs is 1. The van der Waals surface area contributed by atoms with Crippen LogP contribution in [0.1, 0.15) is 22.6 Å². The third kappa shape index (κ3) is 3.60. The Morgan fingerprint density at radius 1 is 1.10 bits per heavy atom. The van der Waals surface area contributed by atoms with Gasteiger partial charge in [0.2, 0.25) is 0 Å². The molecule has 1 aliphatic heterocycles. The van der Waals surface area contributed by atoms with Crippen molar-refractivity contribution < 1.29 is 4.79 Å². The highest BCUT2D eigenvalue weighted by molar-refractivity contribution is 6.11. The van der Waals surface area contributed by atoms with Crippen molar-refractivity contribution >= 4 is 22.5 Å². The van der Waals surface area contributed by atoms with Gasteiger partial charge in [0.1, 0.15) is 0 Å². The maximum atomic E-state index is 12.8. The first-order chi connectivity index (χ1) is 14.3. The lowest BCUT2D eigenvalue weighted by molar-refractivity contribution is 0.102. The van der Waals surface area contributed by atoms with Crippen LogP contribution in [0, 0.1) is 0 Å². The van der Waals surface area contributed by atoms with Gasteiger partial charge in [-0.05, 0) is 55.4 Å². The van der Waals surface area contributed by atoms with Crippen molar-refractivity contribution in [2.45, 2.75) is 13.0 Å². The first kappa shape index (κ1) is 17.5. The van der Waals surface area contributed by atoms with Crippen LogP contribution in [0.25, 0.3) is 22.0 Å². The monoisotopic (exact) mass is 384 g/mol. The Hall–Kier alpha value is -3.58. The van der Waals surface area contributed by atoms with E-state index in [0.29, 0.717) is 11.4 Å². The summed E-state index contributed by atoms with van der Waals surface area (Å²) in [5.41, 5.74) is 4.80. The highest BCUT2D eigenvalue weighted by Crippen LogP contribution is 2.25. The number of likely N-dealkylation sites (tertiary alicyclic amines) is 1. The fourth-order valence-corrected chi connectivity index (χ4v) is 3.45. The lowest BCUT2D eigenvalue weighted by atomic mass is 10.0. The maximum absolute atomic E-state index is 12.8. The van der Waals surface area contributed by atoms with E-state index in [2.05, 4.69) is 30.4 Å². The number of aromatic amines is 1. The van der Waals surface area contributed by atoms with Crippen LogP contribution in [0.4, 0.5) is 5.69 Å². The van der Waals surface area contributed by atoms with Crippen molar-refractivity contribution in [1.29, 1.82) is 0 Å². The van der Waals surface area contributed by atoms with Gasteiger partial charge in [0.25, 0.3) is 5.91 Å². The smallest absolute Gasteiger partial charge is 0.276 e. The molecule has 7 nitrogen and oxygen atoms in total. The van der Waals surface area contributed by atoms with E-state index in [1.54, 1.807) is 18.6 Å². The Kier molecular flexibility index (Phi) is 4.50. The quantitative estimate of drug-likeness (QED) is 0.550. The summed E-state index contributed by atoms with van der Waals surface area (Å²) in [5, 5.41) is 10.8. The van der Waals surface area contributed by atoms with E-state index in [1.807, 2.05) is 42.5 Å². The van der Waals surface area contributed by atoms with E-state index in [9.17, 15) is 4.79 Å².